The summed E-state index contributed by atoms with van der Waals surface area (Å²) in [4.78, 5) is 23.6. The summed E-state index contributed by atoms with van der Waals surface area (Å²) >= 11 is 9.31. The van der Waals surface area contributed by atoms with E-state index in [1.54, 1.807) is 12.1 Å². The Morgan fingerprint density at radius 1 is 1.12 bits per heavy atom. The summed E-state index contributed by atoms with van der Waals surface area (Å²) in [7, 11) is 2.98. The first-order valence-electron chi connectivity index (χ1n) is 6.69. The van der Waals surface area contributed by atoms with Crippen molar-refractivity contribution in [3.63, 3.8) is 0 Å². The molecule has 0 aromatic heterocycles. The Morgan fingerprint density at radius 3 is 2.17 bits per heavy atom. The predicted molar refractivity (Wildman–Crippen MR) is 95.2 cm³/mol. The van der Waals surface area contributed by atoms with Crippen LogP contribution >= 0.6 is 27.5 Å². The van der Waals surface area contributed by atoms with Gasteiger partial charge in [0.2, 0.25) is 5.91 Å². The first-order valence-corrected chi connectivity index (χ1v) is 7.86. The van der Waals surface area contributed by atoms with Crippen molar-refractivity contribution in [2.75, 3.05) is 19.5 Å². The third-order valence-corrected chi connectivity index (χ3v) is 4.29. The maximum absolute atomic E-state index is 12.4. The summed E-state index contributed by atoms with van der Waals surface area (Å²) in [5, 5.41) is 2.84. The number of rotatable bonds is 5. The standard InChI is InChI=1S/C16H14BrClN2O4/c1-23-12-5-8(6-13(24-2)14(12)17)16(22)20-9-3-4-10(15(19)21)11(18)7-9/h3-7H,1-2H3,(H2,19,21)(H,20,22). The number of halogens is 2. The van der Waals surface area contributed by atoms with Gasteiger partial charge in [-0.05, 0) is 46.3 Å². The highest BCUT2D eigenvalue weighted by molar-refractivity contribution is 9.10. The van der Waals surface area contributed by atoms with E-state index in [1.165, 1.54) is 32.4 Å². The number of amides is 2. The normalized spacial score (nSPS) is 10.2. The van der Waals surface area contributed by atoms with Gasteiger partial charge in [-0.3, -0.25) is 9.59 Å². The average molecular weight is 414 g/mol. The molecule has 0 aliphatic heterocycles. The van der Waals surface area contributed by atoms with Crippen molar-refractivity contribution in [3.8, 4) is 11.5 Å². The van der Waals surface area contributed by atoms with Gasteiger partial charge in [0.15, 0.2) is 0 Å². The fourth-order valence-electron chi connectivity index (χ4n) is 2.00. The molecule has 8 heteroatoms. The summed E-state index contributed by atoms with van der Waals surface area (Å²) < 4.78 is 11.0. The Morgan fingerprint density at radius 2 is 1.71 bits per heavy atom. The van der Waals surface area contributed by atoms with Crippen LogP contribution in [0.2, 0.25) is 5.02 Å². The van der Waals surface area contributed by atoms with E-state index in [9.17, 15) is 9.59 Å². The molecule has 0 aliphatic rings. The monoisotopic (exact) mass is 412 g/mol. The molecule has 126 valence electrons. The maximum atomic E-state index is 12.4. The first kappa shape index (κ1) is 18.1. The minimum absolute atomic E-state index is 0.159. The highest BCUT2D eigenvalue weighted by atomic mass is 79.9. The molecule has 2 rings (SSSR count). The van der Waals surface area contributed by atoms with Crippen LogP contribution in [0.3, 0.4) is 0 Å². The zero-order valence-corrected chi connectivity index (χ0v) is 15.2. The summed E-state index contributed by atoms with van der Waals surface area (Å²) in [6, 6.07) is 7.58. The maximum Gasteiger partial charge on any atom is 0.255 e. The molecule has 6 nitrogen and oxygen atoms in total. The molecule has 0 spiro atoms. The topological polar surface area (TPSA) is 90.6 Å². The summed E-state index contributed by atoms with van der Waals surface area (Å²) in [6.07, 6.45) is 0. The minimum atomic E-state index is -0.639. The van der Waals surface area contributed by atoms with Gasteiger partial charge in [-0.25, -0.2) is 0 Å². The van der Waals surface area contributed by atoms with Gasteiger partial charge in [0, 0.05) is 11.3 Å². The SMILES string of the molecule is COc1cc(C(=O)Nc2ccc(C(N)=O)c(Cl)c2)cc(OC)c1Br. The van der Waals surface area contributed by atoms with E-state index in [4.69, 9.17) is 26.8 Å². The second kappa shape index (κ2) is 7.55. The molecular formula is C16H14BrClN2O4. The van der Waals surface area contributed by atoms with E-state index in [1.807, 2.05) is 0 Å². The second-order valence-corrected chi connectivity index (χ2v) is 5.91. The molecule has 0 radical (unpaired) electrons. The third-order valence-electron chi connectivity index (χ3n) is 3.20. The van der Waals surface area contributed by atoms with Crippen LogP contribution in [-0.2, 0) is 0 Å². The predicted octanol–water partition coefficient (Wildman–Crippen LogP) is 3.47. The van der Waals surface area contributed by atoms with Gasteiger partial charge in [-0.1, -0.05) is 11.6 Å². The molecule has 2 aromatic rings. The fourth-order valence-corrected chi connectivity index (χ4v) is 2.82. The Balaban J connectivity index is 2.30. The highest BCUT2D eigenvalue weighted by Gasteiger charge is 2.15. The van der Waals surface area contributed by atoms with Crippen molar-refractivity contribution in [3.05, 3.63) is 51.0 Å². The zero-order chi connectivity index (χ0) is 17.9. The number of primary amides is 1. The molecule has 0 saturated heterocycles. The van der Waals surface area contributed by atoms with Crippen LogP contribution < -0.4 is 20.5 Å². The molecule has 2 aromatic carbocycles. The first-order chi connectivity index (χ1) is 11.4. The Labute approximate surface area is 152 Å². The van der Waals surface area contributed by atoms with Gasteiger partial charge in [-0.2, -0.15) is 0 Å². The second-order valence-electron chi connectivity index (χ2n) is 4.71. The summed E-state index contributed by atoms with van der Waals surface area (Å²) in [5.74, 6) is -0.106. The van der Waals surface area contributed by atoms with Crippen molar-refractivity contribution < 1.29 is 19.1 Å². The van der Waals surface area contributed by atoms with E-state index in [0.717, 1.165) is 0 Å². The number of hydrogen-bond acceptors (Lipinski definition) is 4. The smallest absolute Gasteiger partial charge is 0.255 e. The average Bonchev–Trinajstić information content (AvgIpc) is 2.54. The van der Waals surface area contributed by atoms with Crippen LogP contribution in [0.15, 0.2) is 34.8 Å². The van der Waals surface area contributed by atoms with Crippen LogP contribution in [0.1, 0.15) is 20.7 Å². The van der Waals surface area contributed by atoms with Crippen molar-refractivity contribution in [2.24, 2.45) is 5.73 Å². The molecule has 24 heavy (non-hydrogen) atoms. The molecule has 2 amide bonds. The quantitative estimate of drug-likeness (QED) is 0.785. The molecule has 0 fully saturated rings. The highest BCUT2D eigenvalue weighted by Crippen LogP contribution is 2.35. The Hall–Kier alpha value is -2.25. The number of ether oxygens (including phenoxy) is 2. The van der Waals surface area contributed by atoms with Crippen LogP contribution in [0.25, 0.3) is 0 Å². The molecule has 0 bridgehead atoms. The molecule has 0 atom stereocenters. The zero-order valence-electron chi connectivity index (χ0n) is 12.9. The van der Waals surface area contributed by atoms with Crippen molar-refractivity contribution in [2.45, 2.75) is 0 Å². The lowest BCUT2D eigenvalue weighted by Gasteiger charge is -2.12. The number of carbonyl (C=O) groups excluding carboxylic acids is 2. The van der Waals surface area contributed by atoms with Gasteiger partial charge in [0.25, 0.3) is 5.91 Å². The fraction of sp³-hybridized carbons (Fsp3) is 0.125. The van der Waals surface area contributed by atoms with Gasteiger partial charge in [0.05, 0.1) is 24.8 Å². The van der Waals surface area contributed by atoms with E-state index < -0.39 is 5.91 Å². The molecule has 3 N–H and O–H groups in total. The van der Waals surface area contributed by atoms with E-state index >= 15 is 0 Å². The number of methoxy groups -OCH3 is 2. The minimum Gasteiger partial charge on any atom is -0.495 e. The number of nitrogens with two attached hydrogens (primary N) is 1. The van der Waals surface area contributed by atoms with E-state index in [0.29, 0.717) is 27.2 Å². The lowest BCUT2D eigenvalue weighted by Crippen LogP contribution is -2.14. The molecular weight excluding hydrogens is 400 g/mol. The van der Waals surface area contributed by atoms with Crippen molar-refractivity contribution in [1.82, 2.24) is 0 Å². The van der Waals surface area contributed by atoms with Gasteiger partial charge in [-0.15, -0.1) is 0 Å². The molecule has 0 saturated carbocycles. The van der Waals surface area contributed by atoms with E-state index in [2.05, 4.69) is 21.2 Å². The van der Waals surface area contributed by atoms with Crippen LogP contribution in [-0.4, -0.2) is 26.0 Å². The van der Waals surface area contributed by atoms with Gasteiger partial charge < -0.3 is 20.5 Å². The summed E-state index contributed by atoms with van der Waals surface area (Å²) in [5.41, 5.74) is 6.14. The molecule has 0 unspecified atom stereocenters. The largest absolute Gasteiger partial charge is 0.495 e. The Kier molecular flexibility index (Phi) is 5.69. The third kappa shape index (κ3) is 3.80. The number of benzene rings is 2. The lowest BCUT2D eigenvalue weighted by molar-refractivity contribution is 0.0998. The van der Waals surface area contributed by atoms with Gasteiger partial charge >= 0.3 is 0 Å². The van der Waals surface area contributed by atoms with Crippen LogP contribution in [0.5, 0.6) is 11.5 Å². The van der Waals surface area contributed by atoms with Crippen molar-refractivity contribution >= 4 is 45.0 Å². The van der Waals surface area contributed by atoms with Crippen LogP contribution in [0, 0.1) is 0 Å². The number of carbonyl (C=O) groups is 2. The summed E-state index contributed by atoms with van der Waals surface area (Å²) in [6.45, 7) is 0. The van der Waals surface area contributed by atoms with Gasteiger partial charge in [0.1, 0.15) is 16.0 Å². The lowest BCUT2D eigenvalue weighted by atomic mass is 10.1. The number of hydrogen-bond donors (Lipinski definition) is 2. The number of anilines is 1. The van der Waals surface area contributed by atoms with E-state index in [-0.39, 0.29) is 16.5 Å². The molecule has 0 heterocycles. The molecule has 0 aliphatic carbocycles. The van der Waals surface area contributed by atoms with Crippen molar-refractivity contribution in [1.29, 1.82) is 0 Å². The number of nitrogens with one attached hydrogen (secondary N) is 1. The van der Waals surface area contributed by atoms with Crippen LogP contribution in [0.4, 0.5) is 5.69 Å². The Bertz CT molecular complexity index is 786.